The van der Waals surface area contributed by atoms with Gasteiger partial charge in [0.05, 0.1) is 11.3 Å². The number of phenolic OH excluding ortho intramolecular Hbond substituents is 1. The molecule has 2 N–H and O–H groups in total. The Balaban J connectivity index is 1.63. The Bertz CT molecular complexity index is 1230. The third-order valence-electron chi connectivity index (χ3n) is 4.69. The highest BCUT2D eigenvalue weighted by Crippen LogP contribution is 2.24. The number of nitrogens with one attached hydrogen (secondary N) is 1. The normalized spacial score (nSPS) is 11.7. The van der Waals surface area contributed by atoms with E-state index in [0.717, 1.165) is 21.9 Å². The van der Waals surface area contributed by atoms with Crippen molar-refractivity contribution in [2.45, 2.75) is 0 Å². The van der Waals surface area contributed by atoms with Gasteiger partial charge in [-0.2, -0.15) is 5.10 Å². The van der Waals surface area contributed by atoms with Gasteiger partial charge in [-0.3, -0.25) is 4.79 Å². The predicted octanol–water partition coefficient (Wildman–Crippen LogP) is 5.39. The van der Waals surface area contributed by atoms with Gasteiger partial charge in [0.1, 0.15) is 5.75 Å². The molecule has 0 saturated carbocycles. The van der Waals surface area contributed by atoms with Crippen LogP contribution in [0.25, 0.3) is 16.8 Å². The van der Waals surface area contributed by atoms with Gasteiger partial charge in [-0.15, -0.1) is 0 Å². The summed E-state index contributed by atoms with van der Waals surface area (Å²) in [4.78, 5) is 12.7. The van der Waals surface area contributed by atoms with E-state index in [1.165, 1.54) is 0 Å². The summed E-state index contributed by atoms with van der Waals surface area (Å²) in [5, 5.41) is 16.4. The van der Waals surface area contributed by atoms with E-state index in [4.69, 9.17) is 0 Å². The van der Waals surface area contributed by atoms with Gasteiger partial charge in [0.2, 0.25) is 0 Å². The number of rotatable bonds is 5. The summed E-state index contributed by atoms with van der Waals surface area (Å²) >= 11 is 0. The molecule has 0 aliphatic heterocycles. The van der Waals surface area contributed by atoms with Gasteiger partial charge < -0.3 is 5.11 Å². The van der Waals surface area contributed by atoms with Crippen LogP contribution in [0.1, 0.15) is 21.5 Å². The zero-order chi connectivity index (χ0) is 20.8. The minimum Gasteiger partial charge on any atom is -0.507 e. The van der Waals surface area contributed by atoms with Gasteiger partial charge >= 0.3 is 0 Å². The number of allylic oxidation sites excluding steroid dienone is 1. The fourth-order valence-electron chi connectivity index (χ4n) is 3.13. The molecule has 0 atom stereocenters. The number of aromatic hydroxyl groups is 1. The number of phenols is 1. The van der Waals surface area contributed by atoms with E-state index in [0.29, 0.717) is 5.71 Å². The van der Waals surface area contributed by atoms with Crippen molar-refractivity contribution in [1.82, 2.24) is 5.43 Å². The Kier molecular flexibility index (Phi) is 5.67. The van der Waals surface area contributed by atoms with Crippen molar-refractivity contribution in [2.75, 3.05) is 0 Å². The number of carbonyl (C=O) groups is 1. The minimum absolute atomic E-state index is 0.0810. The Morgan fingerprint density at radius 2 is 1.40 bits per heavy atom. The van der Waals surface area contributed by atoms with Crippen LogP contribution in [-0.4, -0.2) is 16.7 Å². The number of hydrazone groups is 1. The van der Waals surface area contributed by atoms with Crippen molar-refractivity contribution in [1.29, 1.82) is 0 Å². The van der Waals surface area contributed by atoms with Crippen molar-refractivity contribution in [3.05, 3.63) is 120 Å². The van der Waals surface area contributed by atoms with Crippen molar-refractivity contribution >= 4 is 28.5 Å². The molecule has 0 radical (unpaired) electrons. The SMILES string of the molecule is O=C(NN=C(/C=C\c1ccccc1)c1ccccc1)c1cc2ccccc2cc1O. The summed E-state index contributed by atoms with van der Waals surface area (Å²) in [5.41, 5.74) is 5.26. The number of fused-ring (bicyclic) bond motifs is 1. The highest BCUT2D eigenvalue weighted by Gasteiger charge is 2.12. The smallest absolute Gasteiger partial charge is 0.275 e. The molecule has 0 fully saturated rings. The van der Waals surface area contributed by atoms with E-state index >= 15 is 0 Å². The molecule has 4 rings (SSSR count). The van der Waals surface area contributed by atoms with Crippen molar-refractivity contribution < 1.29 is 9.90 Å². The number of hydrogen-bond acceptors (Lipinski definition) is 3. The van der Waals surface area contributed by atoms with Gasteiger partial charge in [0.15, 0.2) is 0 Å². The van der Waals surface area contributed by atoms with Gasteiger partial charge in [-0.05, 0) is 34.5 Å². The van der Waals surface area contributed by atoms with E-state index in [1.54, 1.807) is 12.1 Å². The minimum atomic E-state index is -0.472. The van der Waals surface area contributed by atoms with Crippen molar-refractivity contribution in [2.24, 2.45) is 5.10 Å². The van der Waals surface area contributed by atoms with E-state index in [1.807, 2.05) is 97.1 Å². The second-order valence-electron chi connectivity index (χ2n) is 6.76. The molecular weight excluding hydrogens is 372 g/mol. The lowest BCUT2D eigenvalue weighted by Gasteiger charge is -2.07. The maximum absolute atomic E-state index is 12.7. The molecule has 146 valence electrons. The van der Waals surface area contributed by atoms with Crippen LogP contribution in [0, 0.1) is 0 Å². The molecule has 4 aromatic carbocycles. The number of carbonyl (C=O) groups excluding carboxylic acids is 1. The molecule has 1 amide bonds. The zero-order valence-electron chi connectivity index (χ0n) is 16.2. The first kappa shape index (κ1) is 19.2. The molecule has 30 heavy (non-hydrogen) atoms. The summed E-state index contributed by atoms with van der Waals surface area (Å²) in [7, 11) is 0. The summed E-state index contributed by atoms with van der Waals surface area (Å²) in [6, 6.07) is 30.3. The molecule has 0 aromatic heterocycles. The van der Waals surface area contributed by atoms with Crippen LogP contribution < -0.4 is 5.43 Å². The van der Waals surface area contributed by atoms with Crippen molar-refractivity contribution in [3.63, 3.8) is 0 Å². The number of hydrogen-bond donors (Lipinski definition) is 2. The van der Waals surface area contributed by atoms with E-state index in [9.17, 15) is 9.90 Å². The molecule has 4 heteroatoms. The average Bonchev–Trinajstić information content (AvgIpc) is 2.79. The summed E-state index contributed by atoms with van der Waals surface area (Å²) in [6.45, 7) is 0. The summed E-state index contributed by atoms with van der Waals surface area (Å²) in [5.74, 6) is -0.553. The third kappa shape index (κ3) is 4.45. The van der Waals surface area contributed by atoms with Crippen LogP contribution >= 0.6 is 0 Å². The zero-order valence-corrected chi connectivity index (χ0v) is 16.2. The van der Waals surface area contributed by atoms with Crippen LogP contribution in [0.2, 0.25) is 0 Å². The second kappa shape index (κ2) is 8.88. The Labute approximate surface area is 174 Å². The lowest BCUT2D eigenvalue weighted by Crippen LogP contribution is -2.19. The number of nitrogens with zero attached hydrogens (tertiary/aromatic N) is 1. The van der Waals surface area contributed by atoms with E-state index in [-0.39, 0.29) is 11.3 Å². The Hall–Kier alpha value is -4.18. The topological polar surface area (TPSA) is 61.7 Å². The fraction of sp³-hybridized carbons (Fsp3) is 0. The first-order valence-corrected chi connectivity index (χ1v) is 9.59. The molecule has 0 saturated heterocycles. The summed E-state index contributed by atoms with van der Waals surface area (Å²) in [6.07, 6.45) is 3.79. The first-order valence-electron chi connectivity index (χ1n) is 9.59. The molecule has 0 unspecified atom stereocenters. The van der Waals surface area contributed by atoms with Crippen molar-refractivity contribution in [3.8, 4) is 5.75 Å². The van der Waals surface area contributed by atoms with Crippen LogP contribution in [0.3, 0.4) is 0 Å². The van der Waals surface area contributed by atoms with Gasteiger partial charge in [-0.25, -0.2) is 5.43 Å². The van der Waals surface area contributed by atoms with Crippen LogP contribution in [0.15, 0.2) is 108 Å². The number of amides is 1. The molecule has 0 bridgehead atoms. The Morgan fingerprint density at radius 3 is 2.10 bits per heavy atom. The van der Waals surface area contributed by atoms with Gasteiger partial charge in [-0.1, -0.05) is 91.0 Å². The average molecular weight is 392 g/mol. The molecule has 0 aliphatic carbocycles. The fourth-order valence-corrected chi connectivity index (χ4v) is 3.13. The molecule has 4 nitrogen and oxygen atoms in total. The third-order valence-corrected chi connectivity index (χ3v) is 4.69. The van der Waals surface area contributed by atoms with Gasteiger partial charge in [0, 0.05) is 5.56 Å². The monoisotopic (exact) mass is 392 g/mol. The highest BCUT2D eigenvalue weighted by atomic mass is 16.3. The molecule has 0 heterocycles. The molecular formula is C26H20N2O2. The molecule has 0 aliphatic rings. The molecule has 0 spiro atoms. The predicted molar refractivity (Wildman–Crippen MR) is 122 cm³/mol. The largest absolute Gasteiger partial charge is 0.507 e. The van der Waals surface area contributed by atoms with Gasteiger partial charge in [0.25, 0.3) is 5.91 Å². The van der Waals surface area contributed by atoms with Crippen LogP contribution in [0.4, 0.5) is 0 Å². The van der Waals surface area contributed by atoms with Crippen LogP contribution in [0.5, 0.6) is 5.75 Å². The molecule has 4 aromatic rings. The van der Waals surface area contributed by atoms with E-state index in [2.05, 4.69) is 10.5 Å². The maximum Gasteiger partial charge on any atom is 0.275 e. The van der Waals surface area contributed by atoms with E-state index < -0.39 is 5.91 Å². The first-order chi connectivity index (χ1) is 14.7. The Morgan fingerprint density at radius 1 is 0.800 bits per heavy atom. The lowest BCUT2D eigenvalue weighted by molar-refractivity contribution is 0.0952. The number of benzene rings is 4. The quantitative estimate of drug-likeness (QED) is 0.353. The van der Waals surface area contributed by atoms with Crippen LogP contribution in [-0.2, 0) is 0 Å². The summed E-state index contributed by atoms with van der Waals surface area (Å²) < 4.78 is 0. The second-order valence-corrected chi connectivity index (χ2v) is 6.76. The standard InChI is InChI=1S/C26H20N2O2/c29-25-18-22-14-8-7-13-21(22)17-23(25)26(30)28-27-24(20-11-5-2-6-12-20)16-15-19-9-3-1-4-10-19/h1-18,29H,(H,28,30)/b16-15-,27-24?. The highest BCUT2D eigenvalue weighted by molar-refractivity contribution is 6.11. The maximum atomic E-state index is 12.7. The lowest BCUT2D eigenvalue weighted by atomic mass is 10.1.